The predicted molar refractivity (Wildman–Crippen MR) is 87.2 cm³/mol. The third-order valence-electron chi connectivity index (χ3n) is 4.33. The molecule has 1 aliphatic heterocycles. The number of hydrogen-bond donors (Lipinski definition) is 2. The average Bonchev–Trinajstić information content (AvgIpc) is 3.07. The highest BCUT2D eigenvalue weighted by Crippen LogP contribution is 2.49. The van der Waals surface area contributed by atoms with Gasteiger partial charge < -0.3 is 5.73 Å². The first-order chi connectivity index (χ1) is 13.6. The summed E-state index contributed by atoms with van der Waals surface area (Å²) in [4.78, 5) is 4.59. The Labute approximate surface area is 162 Å². The number of halogens is 9. The van der Waals surface area contributed by atoms with Gasteiger partial charge >= 0.3 is 18.5 Å². The van der Waals surface area contributed by atoms with Crippen molar-refractivity contribution in [3.05, 3.63) is 70.8 Å². The molecule has 1 heterocycles. The first kappa shape index (κ1) is 21.8. The monoisotopic (exact) mass is 442 g/mol. The lowest BCUT2D eigenvalue weighted by atomic mass is 9.88. The van der Waals surface area contributed by atoms with E-state index in [0.29, 0.717) is 6.08 Å². The zero-order valence-corrected chi connectivity index (χ0v) is 14.5. The molecule has 0 aliphatic carbocycles. The standard InChI is InChI=1S/C18H11F9N2O/c19-16(20,21)11-5-10(6-12(7-11)17(22,23)24)15(18(25,26)27)8-14(29-30-15)9-1-3-13(28)4-2-9/h1-8,29H,28H2. The maximum Gasteiger partial charge on any atom is 0.428 e. The maximum absolute atomic E-state index is 13.9. The van der Waals surface area contributed by atoms with E-state index in [-0.39, 0.29) is 35.1 Å². The van der Waals surface area contributed by atoms with Gasteiger partial charge in [-0.15, -0.1) is 0 Å². The highest BCUT2D eigenvalue weighted by Gasteiger charge is 2.60. The van der Waals surface area contributed by atoms with Crippen molar-refractivity contribution in [2.24, 2.45) is 0 Å². The van der Waals surface area contributed by atoms with Crippen LogP contribution in [-0.4, -0.2) is 6.18 Å². The number of hydrogen-bond acceptors (Lipinski definition) is 3. The molecule has 0 aromatic heterocycles. The molecule has 162 valence electrons. The average molecular weight is 442 g/mol. The number of alkyl halides is 9. The fourth-order valence-electron chi connectivity index (χ4n) is 2.82. The number of hydroxylamine groups is 1. The van der Waals surface area contributed by atoms with E-state index in [9.17, 15) is 39.5 Å². The summed E-state index contributed by atoms with van der Waals surface area (Å²) in [5.74, 6) is 0. The van der Waals surface area contributed by atoms with Crippen molar-refractivity contribution in [3.63, 3.8) is 0 Å². The quantitative estimate of drug-likeness (QED) is 0.468. The molecule has 1 atom stereocenters. The summed E-state index contributed by atoms with van der Waals surface area (Å²) in [5, 5.41) is 0. The summed E-state index contributed by atoms with van der Waals surface area (Å²) in [6, 6.07) is 4.99. The molecule has 0 bridgehead atoms. The number of nitrogens with one attached hydrogen (secondary N) is 1. The van der Waals surface area contributed by atoms with Crippen LogP contribution >= 0.6 is 0 Å². The summed E-state index contributed by atoms with van der Waals surface area (Å²) < 4.78 is 120. The fraction of sp³-hybridized carbons (Fsp3) is 0.222. The molecule has 2 aromatic rings. The lowest BCUT2D eigenvalue weighted by Crippen LogP contribution is -2.43. The first-order valence-corrected chi connectivity index (χ1v) is 8.03. The summed E-state index contributed by atoms with van der Waals surface area (Å²) in [7, 11) is 0. The van der Waals surface area contributed by atoms with Gasteiger partial charge in [0.25, 0.3) is 0 Å². The molecule has 2 aromatic carbocycles. The molecule has 0 amide bonds. The third-order valence-corrected chi connectivity index (χ3v) is 4.33. The predicted octanol–water partition coefficient (Wildman–Crippen LogP) is 5.64. The lowest BCUT2D eigenvalue weighted by molar-refractivity contribution is -0.269. The molecule has 12 heteroatoms. The van der Waals surface area contributed by atoms with Crippen molar-refractivity contribution >= 4 is 11.4 Å². The Morgan fingerprint density at radius 2 is 1.27 bits per heavy atom. The van der Waals surface area contributed by atoms with Crippen LogP contribution in [0.5, 0.6) is 0 Å². The minimum absolute atomic E-state index is 0.0210. The molecule has 0 spiro atoms. The molecule has 3 N–H and O–H groups in total. The van der Waals surface area contributed by atoms with Crippen LogP contribution in [0.1, 0.15) is 22.3 Å². The largest absolute Gasteiger partial charge is 0.428 e. The molecule has 3 nitrogen and oxygen atoms in total. The Balaban J connectivity index is 2.24. The number of nitrogens with two attached hydrogens (primary N) is 1. The molecule has 1 unspecified atom stereocenters. The molecule has 0 radical (unpaired) electrons. The zero-order valence-electron chi connectivity index (χ0n) is 14.5. The molecule has 1 aliphatic rings. The van der Waals surface area contributed by atoms with Crippen molar-refractivity contribution in [1.82, 2.24) is 5.48 Å². The highest BCUT2D eigenvalue weighted by molar-refractivity contribution is 5.68. The van der Waals surface area contributed by atoms with E-state index in [1.807, 2.05) is 5.48 Å². The van der Waals surface area contributed by atoms with Crippen LogP contribution < -0.4 is 11.2 Å². The van der Waals surface area contributed by atoms with E-state index in [2.05, 4.69) is 4.84 Å². The van der Waals surface area contributed by atoms with Gasteiger partial charge in [0.2, 0.25) is 5.60 Å². The van der Waals surface area contributed by atoms with Gasteiger partial charge in [-0.05, 0) is 42.0 Å². The Hall–Kier alpha value is -2.89. The van der Waals surface area contributed by atoms with Crippen LogP contribution in [-0.2, 0) is 22.8 Å². The Bertz CT molecular complexity index is 943. The number of anilines is 1. The van der Waals surface area contributed by atoms with Gasteiger partial charge in [-0.25, -0.2) is 0 Å². The second kappa shape index (κ2) is 6.83. The molecular weight excluding hydrogens is 431 g/mol. The maximum atomic E-state index is 13.9. The van der Waals surface area contributed by atoms with E-state index in [4.69, 9.17) is 5.73 Å². The van der Waals surface area contributed by atoms with Gasteiger partial charge in [0.05, 0.1) is 16.8 Å². The van der Waals surface area contributed by atoms with E-state index in [0.717, 1.165) is 0 Å². The minimum Gasteiger partial charge on any atom is -0.399 e. The molecular formula is C18H11F9N2O. The second-order valence-corrected chi connectivity index (χ2v) is 6.41. The lowest BCUT2D eigenvalue weighted by Gasteiger charge is -2.29. The van der Waals surface area contributed by atoms with Gasteiger partial charge in [0.15, 0.2) is 0 Å². The van der Waals surface area contributed by atoms with Gasteiger partial charge in [0.1, 0.15) is 0 Å². The van der Waals surface area contributed by atoms with Crippen molar-refractivity contribution < 1.29 is 44.4 Å². The summed E-state index contributed by atoms with van der Waals surface area (Å²) in [5.41, 5.74) is -1.23. The van der Waals surface area contributed by atoms with Crippen molar-refractivity contribution in [2.45, 2.75) is 24.1 Å². The topological polar surface area (TPSA) is 47.3 Å². The molecule has 30 heavy (non-hydrogen) atoms. The van der Waals surface area contributed by atoms with Crippen LogP contribution in [0, 0.1) is 0 Å². The van der Waals surface area contributed by atoms with E-state index >= 15 is 0 Å². The molecule has 3 rings (SSSR count). The highest BCUT2D eigenvalue weighted by atomic mass is 19.4. The summed E-state index contributed by atoms with van der Waals surface area (Å²) >= 11 is 0. The van der Waals surface area contributed by atoms with Crippen LogP contribution in [0.4, 0.5) is 45.2 Å². The van der Waals surface area contributed by atoms with Crippen molar-refractivity contribution in [2.75, 3.05) is 5.73 Å². The van der Waals surface area contributed by atoms with Gasteiger partial charge in [0, 0.05) is 11.3 Å². The van der Waals surface area contributed by atoms with Crippen molar-refractivity contribution in [3.8, 4) is 0 Å². The Morgan fingerprint density at radius 1 is 0.767 bits per heavy atom. The smallest absolute Gasteiger partial charge is 0.399 e. The Kier molecular flexibility index (Phi) is 4.96. The SMILES string of the molecule is Nc1ccc(C2=CC(c3cc(C(F)(F)F)cc(C(F)(F)F)c3)(C(F)(F)F)ON2)cc1. The number of rotatable bonds is 2. The number of nitrogen functional groups attached to an aromatic ring is 1. The Morgan fingerprint density at radius 3 is 1.70 bits per heavy atom. The van der Waals surface area contributed by atoms with Crippen LogP contribution in [0.2, 0.25) is 0 Å². The van der Waals surface area contributed by atoms with Crippen LogP contribution in [0.15, 0.2) is 48.5 Å². The molecule has 0 saturated heterocycles. The van der Waals surface area contributed by atoms with Gasteiger partial charge in [-0.1, -0.05) is 12.1 Å². The first-order valence-electron chi connectivity index (χ1n) is 8.03. The molecule has 0 saturated carbocycles. The number of benzene rings is 2. The van der Waals surface area contributed by atoms with Crippen LogP contribution in [0.3, 0.4) is 0 Å². The van der Waals surface area contributed by atoms with Gasteiger partial charge in [-0.3, -0.25) is 10.3 Å². The third kappa shape index (κ3) is 3.91. The van der Waals surface area contributed by atoms with E-state index in [1.165, 1.54) is 24.3 Å². The van der Waals surface area contributed by atoms with Crippen LogP contribution in [0.25, 0.3) is 5.70 Å². The zero-order chi connectivity index (χ0) is 22.5. The molecule has 0 fully saturated rings. The summed E-state index contributed by atoms with van der Waals surface area (Å²) in [6.07, 6.45) is -15.7. The fourth-order valence-corrected chi connectivity index (χ4v) is 2.82. The minimum atomic E-state index is -5.40. The van der Waals surface area contributed by atoms with Gasteiger partial charge in [-0.2, -0.15) is 39.5 Å². The normalized spacial score (nSPS) is 20.1. The van der Waals surface area contributed by atoms with E-state index < -0.39 is 40.8 Å². The summed E-state index contributed by atoms with van der Waals surface area (Å²) in [6.45, 7) is 0. The van der Waals surface area contributed by atoms with Crippen molar-refractivity contribution in [1.29, 1.82) is 0 Å². The van der Waals surface area contributed by atoms with E-state index in [1.54, 1.807) is 0 Å². The second-order valence-electron chi connectivity index (χ2n) is 6.41.